The Kier molecular flexibility index (Phi) is 4.14. The second kappa shape index (κ2) is 5.82. The number of carbonyl (C=O) groups excluding carboxylic acids is 1. The van der Waals surface area contributed by atoms with Crippen LogP contribution >= 0.6 is 0 Å². The first kappa shape index (κ1) is 13.5. The van der Waals surface area contributed by atoms with Gasteiger partial charge in [-0.2, -0.15) is 0 Å². The maximum atomic E-state index is 12.6. The minimum absolute atomic E-state index is 0.0669. The van der Waals surface area contributed by atoms with E-state index in [2.05, 4.69) is 0 Å². The summed E-state index contributed by atoms with van der Waals surface area (Å²) in [6, 6.07) is 7.65. The van der Waals surface area contributed by atoms with Gasteiger partial charge < -0.3 is 9.64 Å². The lowest BCUT2D eigenvalue weighted by Gasteiger charge is -2.24. The Bertz CT molecular complexity index is 483. The number of rotatable bonds is 5. The lowest BCUT2D eigenvalue weighted by atomic mass is 10.1. The lowest BCUT2D eigenvalue weighted by molar-refractivity contribution is -0.135. The molecule has 1 aromatic carbocycles. The zero-order valence-electron chi connectivity index (χ0n) is 10.6. The highest BCUT2D eigenvalue weighted by atomic mass is 19.3. The number of hydrogen-bond donors (Lipinski definition) is 0. The van der Waals surface area contributed by atoms with Crippen LogP contribution in [0.25, 0.3) is 0 Å². The van der Waals surface area contributed by atoms with Crippen LogP contribution in [0.1, 0.15) is 11.1 Å². The Morgan fingerprint density at radius 3 is 2.53 bits per heavy atom. The van der Waals surface area contributed by atoms with Gasteiger partial charge in [0.05, 0.1) is 12.2 Å². The van der Waals surface area contributed by atoms with Gasteiger partial charge in [-0.15, -0.1) is 0 Å². The molecule has 1 heterocycles. The first-order valence-electron chi connectivity index (χ1n) is 6.00. The zero-order valence-corrected chi connectivity index (χ0v) is 10.6. The van der Waals surface area contributed by atoms with Crippen molar-refractivity contribution in [3.63, 3.8) is 0 Å². The van der Waals surface area contributed by atoms with Gasteiger partial charge in [0.15, 0.2) is 0 Å². The largest absolute Gasteiger partial charge is 0.456 e. The van der Waals surface area contributed by atoms with Crippen LogP contribution in [-0.2, 0) is 16.1 Å². The fraction of sp³-hybridized carbons (Fsp3) is 0.357. The number of carbonyl (C=O) groups is 1. The van der Waals surface area contributed by atoms with Crippen molar-refractivity contribution in [1.29, 1.82) is 0 Å². The molecule has 0 spiro atoms. The number of benzene rings is 1. The number of nitrogens with zero attached hydrogens (tertiary/aromatic N) is 1. The van der Waals surface area contributed by atoms with Crippen LogP contribution in [0.4, 0.5) is 8.78 Å². The van der Waals surface area contributed by atoms with Gasteiger partial charge in [-0.05, 0) is 12.5 Å². The van der Waals surface area contributed by atoms with E-state index in [-0.39, 0.29) is 6.61 Å². The highest BCUT2D eigenvalue weighted by molar-refractivity contribution is 5.85. The fourth-order valence-electron chi connectivity index (χ4n) is 1.91. The van der Waals surface area contributed by atoms with Gasteiger partial charge in [-0.25, -0.2) is 13.6 Å². The van der Waals surface area contributed by atoms with Crippen LogP contribution in [0.2, 0.25) is 0 Å². The van der Waals surface area contributed by atoms with E-state index in [0.717, 1.165) is 11.1 Å². The van der Waals surface area contributed by atoms with E-state index >= 15 is 0 Å². The smallest absolute Gasteiger partial charge is 0.333 e. The molecule has 19 heavy (non-hydrogen) atoms. The van der Waals surface area contributed by atoms with Gasteiger partial charge in [0.2, 0.25) is 0 Å². The van der Waals surface area contributed by atoms with Crippen molar-refractivity contribution in [3.05, 3.63) is 47.2 Å². The molecule has 0 aromatic heterocycles. The van der Waals surface area contributed by atoms with E-state index in [1.165, 1.54) is 11.0 Å². The number of esters is 1. The fourth-order valence-corrected chi connectivity index (χ4v) is 1.91. The summed E-state index contributed by atoms with van der Waals surface area (Å²) in [6.07, 6.45) is -1.18. The van der Waals surface area contributed by atoms with E-state index in [1.807, 2.05) is 31.2 Å². The summed E-state index contributed by atoms with van der Waals surface area (Å²) in [5, 5.41) is 0. The van der Waals surface area contributed by atoms with Crippen molar-refractivity contribution in [3.8, 4) is 0 Å². The summed E-state index contributed by atoms with van der Waals surface area (Å²) in [4.78, 5) is 12.5. The topological polar surface area (TPSA) is 29.5 Å². The predicted octanol–water partition coefficient (Wildman–Crippen LogP) is 2.50. The molecule has 0 fully saturated rings. The normalized spacial score (nSPS) is 14.5. The molecule has 102 valence electrons. The van der Waals surface area contributed by atoms with Gasteiger partial charge in [-0.3, -0.25) is 0 Å². The van der Waals surface area contributed by atoms with E-state index in [4.69, 9.17) is 4.74 Å². The van der Waals surface area contributed by atoms with Crippen LogP contribution in [0.3, 0.4) is 0 Å². The molecular formula is C14H15F2NO2. The first-order chi connectivity index (χ1) is 9.04. The van der Waals surface area contributed by atoms with Gasteiger partial charge in [0, 0.05) is 12.6 Å². The number of ether oxygens (including phenoxy) is 1. The van der Waals surface area contributed by atoms with Crippen molar-refractivity contribution < 1.29 is 18.3 Å². The van der Waals surface area contributed by atoms with Crippen molar-refractivity contribution in [2.45, 2.75) is 19.9 Å². The molecule has 3 nitrogen and oxygen atoms in total. The van der Waals surface area contributed by atoms with Gasteiger partial charge in [0.1, 0.15) is 6.61 Å². The van der Waals surface area contributed by atoms with E-state index in [0.29, 0.717) is 12.2 Å². The Morgan fingerprint density at radius 2 is 2.00 bits per heavy atom. The van der Waals surface area contributed by atoms with Gasteiger partial charge in [0.25, 0.3) is 6.43 Å². The van der Waals surface area contributed by atoms with E-state index in [1.54, 1.807) is 0 Å². The Morgan fingerprint density at radius 1 is 1.32 bits per heavy atom. The predicted molar refractivity (Wildman–Crippen MR) is 66.6 cm³/mol. The summed E-state index contributed by atoms with van der Waals surface area (Å²) in [5.41, 5.74) is 2.54. The van der Waals surface area contributed by atoms with Crippen molar-refractivity contribution in [1.82, 2.24) is 4.90 Å². The average Bonchev–Trinajstić information content (AvgIpc) is 2.77. The van der Waals surface area contributed by atoms with E-state index < -0.39 is 18.9 Å². The first-order valence-corrected chi connectivity index (χ1v) is 6.00. The van der Waals surface area contributed by atoms with Crippen molar-refractivity contribution in [2.75, 3.05) is 13.2 Å². The standard InChI is InChI=1S/C14H15F2NO2/c1-10-2-4-11(5-3-10)7-17(8-13(15)16)12-6-14(18)19-9-12/h2-6,13H,7-9H2,1H3. The molecule has 0 radical (unpaired) electrons. The number of halogens is 2. The van der Waals surface area contributed by atoms with Crippen LogP contribution in [-0.4, -0.2) is 30.4 Å². The number of cyclic esters (lactones) is 1. The third-order valence-electron chi connectivity index (χ3n) is 2.91. The number of hydrogen-bond acceptors (Lipinski definition) is 3. The van der Waals surface area contributed by atoms with Crippen molar-refractivity contribution in [2.24, 2.45) is 0 Å². The number of aryl methyl sites for hydroxylation is 1. The minimum atomic E-state index is -2.46. The van der Waals surface area contributed by atoms with Crippen molar-refractivity contribution >= 4 is 5.97 Å². The highest BCUT2D eigenvalue weighted by Crippen LogP contribution is 2.17. The van der Waals surface area contributed by atoms with Crippen LogP contribution in [0.15, 0.2) is 36.0 Å². The molecule has 1 aromatic rings. The highest BCUT2D eigenvalue weighted by Gasteiger charge is 2.21. The molecule has 0 amide bonds. The molecule has 0 aliphatic carbocycles. The molecule has 5 heteroatoms. The summed E-state index contributed by atoms with van der Waals surface area (Å²) in [6.45, 7) is 1.97. The molecule has 0 N–H and O–H groups in total. The van der Waals surface area contributed by atoms with Gasteiger partial charge in [-0.1, -0.05) is 29.8 Å². The second-order valence-corrected chi connectivity index (χ2v) is 4.50. The monoisotopic (exact) mass is 267 g/mol. The Balaban J connectivity index is 2.11. The molecule has 1 aliphatic heterocycles. The molecule has 1 aliphatic rings. The second-order valence-electron chi connectivity index (χ2n) is 4.50. The summed E-state index contributed by atoms with van der Waals surface area (Å²) in [5.74, 6) is -0.474. The third-order valence-corrected chi connectivity index (χ3v) is 2.91. The summed E-state index contributed by atoms with van der Waals surface area (Å²) >= 11 is 0. The molecule has 2 rings (SSSR count). The Labute approximate surface area is 110 Å². The van der Waals surface area contributed by atoms with Gasteiger partial charge >= 0.3 is 5.97 Å². The zero-order chi connectivity index (χ0) is 13.8. The molecule has 0 saturated heterocycles. The summed E-state index contributed by atoms with van der Waals surface area (Å²) < 4.78 is 30.0. The van der Waals surface area contributed by atoms with E-state index in [9.17, 15) is 13.6 Å². The maximum absolute atomic E-state index is 12.6. The molecule has 0 atom stereocenters. The molecule has 0 unspecified atom stereocenters. The SMILES string of the molecule is Cc1ccc(CN(CC(F)F)C2=CC(=O)OC2)cc1. The average molecular weight is 267 g/mol. The quantitative estimate of drug-likeness (QED) is 0.768. The maximum Gasteiger partial charge on any atom is 0.333 e. The molecule has 0 saturated carbocycles. The minimum Gasteiger partial charge on any atom is -0.456 e. The third kappa shape index (κ3) is 3.77. The number of alkyl halides is 2. The van der Waals surface area contributed by atoms with Crippen LogP contribution in [0.5, 0.6) is 0 Å². The van der Waals surface area contributed by atoms with Crippen LogP contribution < -0.4 is 0 Å². The molecular weight excluding hydrogens is 252 g/mol. The lowest BCUT2D eigenvalue weighted by Crippen LogP contribution is -2.28. The van der Waals surface area contributed by atoms with Crippen LogP contribution in [0, 0.1) is 6.92 Å². The Hall–Kier alpha value is -1.91. The summed E-state index contributed by atoms with van der Waals surface area (Å²) in [7, 11) is 0. The molecule has 0 bridgehead atoms.